The number of hydrazone groups is 1. The van der Waals surface area contributed by atoms with Gasteiger partial charge in [0.2, 0.25) is 0 Å². The molecule has 7 heteroatoms. The number of nitrogens with one attached hydrogen (secondary N) is 1. The van der Waals surface area contributed by atoms with Crippen molar-refractivity contribution >= 4 is 47.1 Å². The largest absolute Gasteiger partial charge is 0.489 e. The van der Waals surface area contributed by atoms with Crippen molar-refractivity contribution in [2.45, 2.75) is 17.3 Å². The first-order valence-electron chi connectivity index (χ1n) is 10.8. The molecule has 0 fully saturated rings. The molecule has 0 spiro atoms. The average molecular weight is 521 g/mol. The summed E-state index contributed by atoms with van der Waals surface area (Å²) in [7, 11) is 0. The molecule has 0 heterocycles. The quantitative estimate of drug-likeness (QED) is 0.140. The van der Waals surface area contributed by atoms with Crippen LogP contribution in [0.5, 0.6) is 5.75 Å². The smallest absolute Gasteiger partial charge is 0.271 e. The monoisotopic (exact) mass is 520 g/mol. The SMILES string of the molecule is O=C(N/N=C/c1ccc(OCc2ccc(Cl)cc2)cc1)c1ccc(CSc2ccc(Cl)cc2)cc1. The molecule has 0 radical (unpaired) electrons. The Morgan fingerprint density at radius 3 is 2.06 bits per heavy atom. The molecule has 1 amide bonds. The van der Waals surface area contributed by atoms with Crippen LogP contribution in [0.3, 0.4) is 0 Å². The molecule has 0 aliphatic rings. The number of hydrogen-bond acceptors (Lipinski definition) is 4. The fourth-order valence-corrected chi connectivity index (χ4v) is 4.18. The van der Waals surface area contributed by atoms with Gasteiger partial charge in [-0.1, -0.05) is 47.5 Å². The lowest BCUT2D eigenvalue weighted by Crippen LogP contribution is -2.17. The summed E-state index contributed by atoms with van der Waals surface area (Å²) >= 11 is 13.5. The molecule has 0 aliphatic carbocycles. The third kappa shape index (κ3) is 7.89. The first-order valence-corrected chi connectivity index (χ1v) is 12.6. The highest BCUT2D eigenvalue weighted by molar-refractivity contribution is 7.98. The van der Waals surface area contributed by atoms with Crippen molar-refractivity contribution in [2.24, 2.45) is 5.10 Å². The maximum Gasteiger partial charge on any atom is 0.271 e. The van der Waals surface area contributed by atoms with Crippen molar-refractivity contribution in [3.8, 4) is 5.75 Å². The topological polar surface area (TPSA) is 50.7 Å². The van der Waals surface area contributed by atoms with Crippen LogP contribution in [0.15, 0.2) is 107 Å². The van der Waals surface area contributed by atoms with Crippen molar-refractivity contribution in [3.63, 3.8) is 0 Å². The van der Waals surface area contributed by atoms with Crippen molar-refractivity contribution in [3.05, 3.63) is 129 Å². The van der Waals surface area contributed by atoms with Crippen LogP contribution in [0.4, 0.5) is 0 Å². The Morgan fingerprint density at radius 1 is 0.800 bits per heavy atom. The maximum absolute atomic E-state index is 12.4. The second kappa shape index (κ2) is 12.5. The summed E-state index contributed by atoms with van der Waals surface area (Å²) in [6, 6.07) is 30.3. The summed E-state index contributed by atoms with van der Waals surface area (Å²) in [6.07, 6.45) is 1.60. The van der Waals surface area contributed by atoms with Crippen molar-refractivity contribution in [2.75, 3.05) is 0 Å². The van der Waals surface area contributed by atoms with E-state index in [9.17, 15) is 4.79 Å². The average Bonchev–Trinajstić information content (AvgIpc) is 2.89. The fourth-order valence-electron chi connectivity index (χ4n) is 3.08. The van der Waals surface area contributed by atoms with Gasteiger partial charge in [-0.25, -0.2) is 5.43 Å². The highest BCUT2D eigenvalue weighted by Gasteiger charge is 2.05. The number of nitrogens with zero attached hydrogens (tertiary/aromatic N) is 1. The van der Waals surface area contributed by atoms with Gasteiger partial charge >= 0.3 is 0 Å². The van der Waals surface area contributed by atoms with Gasteiger partial charge in [0, 0.05) is 26.3 Å². The number of amides is 1. The first-order chi connectivity index (χ1) is 17.0. The normalized spacial score (nSPS) is 10.9. The van der Waals surface area contributed by atoms with Crippen molar-refractivity contribution < 1.29 is 9.53 Å². The third-order valence-corrected chi connectivity index (χ3v) is 6.60. The van der Waals surface area contributed by atoms with Crippen LogP contribution in [0.2, 0.25) is 10.0 Å². The van der Waals surface area contributed by atoms with Crippen molar-refractivity contribution in [1.82, 2.24) is 5.43 Å². The number of carbonyl (C=O) groups is 1. The van der Waals surface area contributed by atoms with Gasteiger partial charge in [-0.15, -0.1) is 11.8 Å². The Balaban J connectivity index is 1.23. The molecule has 1 N–H and O–H groups in total. The van der Waals surface area contributed by atoms with E-state index >= 15 is 0 Å². The fraction of sp³-hybridized carbons (Fsp3) is 0.0714. The van der Waals surface area contributed by atoms with Gasteiger partial charge in [-0.2, -0.15) is 5.10 Å². The number of thioether (sulfide) groups is 1. The second-order valence-corrected chi connectivity index (χ2v) is 9.54. The van der Waals surface area contributed by atoms with E-state index < -0.39 is 0 Å². The maximum atomic E-state index is 12.4. The first kappa shape index (κ1) is 24.9. The van der Waals surface area contributed by atoms with Crippen LogP contribution in [-0.4, -0.2) is 12.1 Å². The molecule has 35 heavy (non-hydrogen) atoms. The molecule has 4 rings (SSSR count). The van der Waals surface area contributed by atoms with Gasteiger partial charge in [0.1, 0.15) is 12.4 Å². The summed E-state index contributed by atoms with van der Waals surface area (Å²) in [6.45, 7) is 0.458. The number of carbonyl (C=O) groups excluding carboxylic acids is 1. The molecular weight excluding hydrogens is 499 g/mol. The molecule has 0 unspecified atom stereocenters. The van der Waals surface area contributed by atoms with Crippen LogP contribution in [0.1, 0.15) is 27.0 Å². The number of halogens is 2. The standard InChI is InChI=1S/C28H22Cl2N2O2S/c29-24-9-3-21(4-10-24)18-34-26-13-5-20(6-14-26)17-31-32-28(33)23-7-1-22(2-8-23)19-35-27-15-11-25(30)12-16-27/h1-17H,18-19H2,(H,32,33)/b31-17+. The molecule has 0 saturated carbocycles. The summed E-state index contributed by atoms with van der Waals surface area (Å²) in [4.78, 5) is 13.5. The zero-order valence-electron chi connectivity index (χ0n) is 18.7. The summed E-state index contributed by atoms with van der Waals surface area (Å²) in [5.41, 5.74) is 6.13. The van der Waals surface area contributed by atoms with Crippen LogP contribution >= 0.6 is 35.0 Å². The summed E-state index contributed by atoms with van der Waals surface area (Å²) < 4.78 is 5.78. The summed E-state index contributed by atoms with van der Waals surface area (Å²) in [5.74, 6) is 1.29. The van der Waals surface area contributed by atoms with E-state index in [1.165, 1.54) is 0 Å². The summed E-state index contributed by atoms with van der Waals surface area (Å²) in [5, 5.41) is 5.49. The Labute approximate surface area is 218 Å². The lowest BCUT2D eigenvalue weighted by atomic mass is 10.1. The van der Waals surface area contributed by atoms with Crippen LogP contribution in [0.25, 0.3) is 0 Å². The van der Waals surface area contributed by atoms with Crippen LogP contribution in [-0.2, 0) is 12.4 Å². The van der Waals surface area contributed by atoms with E-state index in [1.807, 2.05) is 84.9 Å². The predicted octanol–water partition coefficient (Wildman–Crippen LogP) is 7.63. The molecule has 176 valence electrons. The molecule has 0 atom stereocenters. The second-order valence-electron chi connectivity index (χ2n) is 7.62. The van der Waals surface area contributed by atoms with Crippen LogP contribution in [0, 0.1) is 0 Å². The van der Waals surface area contributed by atoms with Gasteiger partial charge in [-0.3, -0.25) is 4.79 Å². The van der Waals surface area contributed by atoms with E-state index in [-0.39, 0.29) is 5.91 Å². The Kier molecular flexibility index (Phi) is 8.85. The zero-order chi connectivity index (χ0) is 24.5. The highest BCUT2D eigenvalue weighted by atomic mass is 35.5. The Bertz CT molecular complexity index is 1270. The molecule has 0 saturated heterocycles. The Morgan fingerprint density at radius 2 is 1.40 bits per heavy atom. The molecule has 4 aromatic carbocycles. The van der Waals surface area contributed by atoms with E-state index in [0.717, 1.165) is 38.1 Å². The number of rotatable bonds is 9. The van der Waals surface area contributed by atoms with Gasteiger partial charge in [0.25, 0.3) is 5.91 Å². The number of hydrogen-bond donors (Lipinski definition) is 1. The molecule has 0 bridgehead atoms. The van der Waals surface area contributed by atoms with E-state index in [2.05, 4.69) is 10.5 Å². The van der Waals surface area contributed by atoms with E-state index in [1.54, 1.807) is 30.1 Å². The minimum absolute atomic E-state index is 0.263. The van der Waals surface area contributed by atoms with E-state index in [4.69, 9.17) is 27.9 Å². The van der Waals surface area contributed by atoms with Gasteiger partial charge in [0.05, 0.1) is 6.21 Å². The molecule has 4 aromatic rings. The zero-order valence-corrected chi connectivity index (χ0v) is 21.0. The lowest BCUT2D eigenvalue weighted by molar-refractivity contribution is 0.0955. The molecule has 0 aliphatic heterocycles. The molecule has 4 nitrogen and oxygen atoms in total. The van der Waals surface area contributed by atoms with Crippen LogP contribution < -0.4 is 10.2 Å². The van der Waals surface area contributed by atoms with Crippen molar-refractivity contribution in [1.29, 1.82) is 0 Å². The highest BCUT2D eigenvalue weighted by Crippen LogP contribution is 2.24. The minimum Gasteiger partial charge on any atom is -0.489 e. The van der Waals surface area contributed by atoms with Gasteiger partial charge < -0.3 is 4.74 Å². The van der Waals surface area contributed by atoms with E-state index in [0.29, 0.717) is 17.2 Å². The van der Waals surface area contributed by atoms with Gasteiger partial charge in [0.15, 0.2) is 0 Å². The predicted molar refractivity (Wildman–Crippen MR) is 145 cm³/mol. The molecule has 0 aromatic heterocycles. The Hall–Kier alpha value is -3.25. The number of benzene rings is 4. The minimum atomic E-state index is -0.263. The third-order valence-electron chi connectivity index (χ3n) is 5.01. The van der Waals surface area contributed by atoms with Gasteiger partial charge in [-0.05, 0) is 89.5 Å². The number of ether oxygens (including phenoxy) is 1. The lowest BCUT2D eigenvalue weighted by Gasteiger charge is -2.06. The molecular formula is C28H22Cl2N2O2S.